The average Bonchev–Trinajstić information content (AvgIpc) is 3.55. The smallest absolute Gasteiger partial charge is 0.272 e. The molecule has 2 fully saturated rings. The molecule has 0 saturated carbocycles. The van der Waals surface area contributed by atoms with Gasteiger partial charge in [-0.1, -0.05) is 6.07 Å². The zero-order chi connectivity index (χ0) is 27.0. The van der Waals surface area contributed by atoms with E-state index >= 15 is 0 Å². The van der Waals surface area contributed by atoms with Gasteiger partial charge >= 0.3 is 0 Å². The van der Waals surface area contributed by atoms with E-state index in [1.165, 1.54) is 24.3 Å². The van der Waals surface area contributed by atoms with Crippen molar-refractivity contribution in [2.45, 2.75) is 19.4 Å². The van der Waals surface area contributed by atoms with Crippen LogP contribution in [0.25, 0.3) is 10.9 Å². The summed E-state index contributed by atoms with van der Waals surface area (Å²) in [5, 5.41) is 3.10. The second-order valence-electron chi connectivity index (χ2n) is 10.5. The Morgan fingerprint density at radius 3 is 2.53 bits per heavy atom. The first-order chi connectivity index (χ1) is 18.2. The highest BCUT2D eigenvalue weighted by atomic mass is 19.1. The van der Waals surface area contributed by atoms with E-state index in [0.29, 0.717) is 34.9 Å². The number of carbonyl (C=O) groups excluding carboxylic acids is 2. The minimum atomic E-state index is -0.461. The van der Waals surface area contributed by atoms with Crippen LogP contribution in [0.2, 0.25) is 0 Å². The monoisotopic (exact) mass is 524 g/mol. The Balaban J connectivity index is 1.22. The van der Waals surface area contributed by atoms with Crippen molar-refractivity contribution in [2.75, 3.05) is 70.1 Å². The molecule has 2 N–H and O–H groups in total. The summed E-state index contributed by atoms with van der Waals surface area (Å²) < 4.78 is 28.8. The number of carbonyl (C=O) groups is 2. The van der Waals surface area contributed by atoms with Crippen LogP contribution in [-0.2, 0) is 4.79 Å². The van der Waals surface area contributed by atoms with Gasteiger partial charge < -0.3 is 25.0 Å². The van der Waals surface area contributed by atoms with E-state index in [1.54, 1.807) is 12.1 Å². The van der Waals surface area contributed by atoms with Crippen LogP contribution in [0.4, 0.5) is 20.2 Å². The van der Waals surface area contributed by atoms with Gasteiger partial charge in [0.1, 0.15) is 17.3 Å². The quantitative estimate of drug-likeness (QED) is 0.518. The fraction of sp³-hybridized carbons (Fsp3) is 0.429. The van der Waals surface area contributed by atoms with E-state index in [-0.39, 0.29) is 11.6 Å². The lowest BCUT2D eigenvalue weighted by atomic mass is 10.1. The van der Waals surface area contributed by atoms with Gasteiger partial charge in [0.2, 0.25) is 5.91 Å². The van der Waals surface area contributed by atoms with Crippen LogP contribution in [0.5, 0.6) is 0 Å². The number of likely N-dealkylation sites (N-methyl/N-ethyl adjacent to an activating group) is 1. The number of fused-ring (bicyclic) bond motifs is 1. The number of aromatic amines is 1. The van der Waals surface area contributed by atoms with Crippen molar-refractivity contribution in [1.29, 1.82) is 0 Å². The first kappa shape index (κ1) is 26.1. The molecule has 1 atom stereocenters. The fourth-order valence-electron chi connectivity index (χ4n) is 5.46. The molecular formula is C28H34F2N6O2. The Morgan fingerprint density at radius 2 is 1.82 bits per heavy atom. The van der Waals surface area contributed by atoms with Crippen molar-refractivity contribution >= 4 is 34.1 Å². The first-order valence-electron chi connectivity index (χ1n) is 13.0. The van der Waals surface area contributed by atoms with Crippen molar-refractivity contribution in [3.05, 3.63) is 59.3 Å². The lowest BCUT2D eigenvalue weighted by molar-refractivity contribution is -0.133. The molecule has 2 amide bonds. The van der Waals surface area contributed by atoms with Gasteiger partial charge in [-0.25, -0.2) is 8.78 Å². The van der Waals surface area contributed by atoms with Gasteiger partial charge in [0.05, 0.1) is 12.1 Å². The predicted octanol–water partition coefficient (Wildman–Crippen LogP) is 3.29. The van der Waals surface area contributed by atoms with E-state index in [2.05, 4.69) is 20.1 Å². The molecular weight excluding hydrogens is 490 g/mol. The minimum Gasteiger partial charge on any atom is -0.370 e. The zero-order valence-corrected chi connectivity index (χ0v) is 22.1. The Bertz CT molecular complexity index is 1310. The normalized spacial score (nSPS) is 18.5. The number of hydrogen-bond donors (Lipinski definition) is 2. The fourth-order valence-corrected chi connectivity index (χ4v) is 5.46. The van der Waals surface area contributed by atoms with Gasteiger partial charge in [-0.15, -0.1) is 0 Å². The molecule has 1 unspecified atom stereocenters. The van der Waals surface area contributed by atoms with E-state index < -0.39 is 17.5 Å². The largest absolute Gasteiger partial charge is 0.370 e. The minimum absolute atomic E-state index is 0.157. The van der Waals surface area contributed by atoms with Gasteiger partial charge in [0.15, 0.2) is 0 Å². The molecule has 38 heavy (non-hydrogen) atoms. The van der Waals surface area contributed by atoms with Gasteiger partial charge in [-0.2, -0.15) is 0 Å². The number of H-pyrrole nitrogens is 1. The van der Waals surface area contributed by atoms with Crippen molar-refractivity contribution in [3.8, 4) is 0 Å². The number of nitrogens with one attached hydrogen (secondary N) is 2. The van der Waals surface area contributed by atoms with Crippen LogP contribution in [0.1, 0.15) is 22.5 Å². The Hall–Kier alpha value is -3.50. The van der Waals surface area contributed by atoms with Crippen molar-refractivity contribution in [2.24, 2.45) is 0 Å². The lowest BCUT2D eigenvalue weighted by Crippen LogP contribution is -2.53. The number of anilines is 2. The molecule has 0 bridgehead atoms. The molecule has 2 aliphatic heterocycles. The molecule has 2 aliphatic rings. The van der Waals surface area contributed by atoms with E-state index in [1.807, 2.05) is 30.8 Å². The van der Waals surface area contributed by atoms with Gasteiger partial charge in [-0.3, -0.25) is 14.5 Å². The Morgan fingerprint density at radius 1 is 1.05 bits per heavy atom. The van der Waals surface area contributed by atoms with Crippen molar-refractivity contribution in [1.82, 2.24) is 19.7 Å². The highest BCUT2D eigenvalue weighted by Crippen LogP contribution is 2.28. The maximum absolute atomic E-state index is 14.6. The van der Waals surface area contributed by atoms with E-state index in [4.69, 9.17) is 0 Å². The molecule has 202 valence electrons. The number of benzene rings is 2. The summed E-state index contributed by atoms with van der Waals surface area (Å²) in [5.74, 6) is -1.14. The second kappa shape index (κ2) is 10.7. The average molecular weight is 525 g/mol. The number of hydrogen-bond acceptors (Lipinski definition) is 5. The van der Waals surface area contributed by atoms with Crippen LogP contribution < -0.4 is 10.2 Å². The van der Waals surface area contributed by atoms with Gasteiger partial charge in [0, 0.05) is 62.1 Å². The number of halogens is 2. The number of rotatable bonds is 6. The SMILES string of the molecule is Cc1ccc(F)c2cc(C(=O)Nc3cc(F)cc(N4CCC(N5CCN(C(=O)CN(C)C)CC5)C4)c3)[nH]c12. The molecule has 5 rings (SSSR count). The molecule has 0 spiro atoms. The van der Waals surface area contributed by atoms with Crippen LogP contribution in [0.15, 0.2) is 36.4 Å². The zero-order valence-electron chi connectivity index (χ0n) is 22.1. The topological polar surface area (TPSA) is 74.9 Å². The van der Waals surface area contributed by atoms with Crippen LogP contribution in [0.3, 0.4) is 0 Å². The standard InChI is InChI=1S/C28H34F2N6O2/c1-18-4-5-24(30)23-15-25(32-27(18)23)28(38)31-20-12-19(29)13-22(14-20)36-7-6-21(16-36)34-8-10-35(11-9-34)26(37)17-33(2)3/h4-5,12-15,21,32H,6-11,16-17H2,1-3H3,(H,31,38). The van der Waals surface area contributed by atoms with Gasteiger partial charge in [-0.05, 0) is 63.3 Å². The molecule has 8 nitrogen and oxygen atoms in total. The molecule has 2 saturated heterocycles. The number of aromatic nitrogens is 1. The molecule has 10 heteroatoms. The first-order valence-corrected chi connectivity index (χ1v) is 13.0. The van der Waals surface area contributed by atoms with Crippen LogP contribution >= 0.6 is 0 Å². The Labute approximate surface area is 221 Å². The van der Waals surface area contributed by atoms with Crippen LogP contribution in [0, 0.1) is 18.6 Å². The third-order valence-electron chi connectivity index (χ3n) is 7.50. The third-order valence-corrected chi connectivity index (χ3v) is 7.50. The summed E-state index contributed by atoms with van der Waals surface area (Å²) in [6.45, 7) is 6.89. The summed E-state index contributed by atoms with van der Waals surface area (Å²) in [4.78, 5) is 36.6. The summed E-state index contributed by atoms with van der Waals surface area (Å²) in [6.07, 6.45) is 0.948. The molecule has 3 aromatic rings. The number of piperazine rings is 1. The van der Waals surface area contributed by atoms with Crippen molar-refractivity contribution < 1.29 is 18.4 Å². The summed E-state index contributed by atoms with van der Waals surface area (Å²) in [5.41, 5.74) is 2.67. The molecule has 0 radical (unpaired) electrons. The van der Waals surface area contributed by atoms with Crippen LogP contribution in [-0.4, -0.2) is 97.4 Å². The predicted molar refractivity (Wildman–Crippen MR) is 145 cm³/mol. The molecule has 3 heterocycles. The van der Waals surface area contributed by atoms with E-state index in [0.717, 1.165) is 51.3 Å². The summed E-state index contributed by atoms with van der Waals surface area (Å²) in [6, 6.07) is 9.38. The maximum Gasteiger partial charge on any atom is 0.272 e. The van der Waals surface area contributed by atoms with E-state index in [9.17, 15) is 18.4 Å². The Kier molecular flexibility index (Phi) is 7.36. The highest BCUT2D eigenvalue weighted by molar-refractivity contribution is 6.06. The number of amides is 2. The number of nitrogens with zero attached hydrogens (tertiary/aromatic N) is 4. The summed E-state index contributed by atoms with van der Waals surface area (Å²) in [7, 11) is 3.79. The number of aryl methyl sites for hydroxylation is 1. The molecule has 2 aromatic carbocycles. The van der Waals surface area contributed by atoms with Gasteiger partial charge in [0.25, 0.3) is 5.91 Å². The molecule has 1 aromatic heterocycles. The molecule has 0 aliphatic carbocycles. The highest BCUT2D eigenvalue weighted by Gasteiger charge is 2.31. The maximum atomic E-state index is 14.6. The summed E-state index contributed by atoms with van der Waals surface area (Å²) >= 11 is 0. The third kappa shape index (κ3) is 5.51. The lowest BCUT2D eigenvalue weighted by Gasteiger charge is -2.38. The second-order valence-corrected chi connectivity index (χ2v) is 10.5. The van der Waals surface area contributed by atoms with Crippen molar-refractivity contribution in [3.63, 3.8) is 0 Å².